The van der Waals surface area contributed by atoms with Gasteiger partial charge in [-0.1, -0.05) is 17.7 Å². The Hall–Kier alpha value is -2.07. The van der Waals surface area contributed by atoms with E-state index in [4.69, 9.17) is 9.15 Å². The maximum atomic E-state index is 12.7. The standard InChI is InChI=1S/C17H21NO3/c1-13-4-5-16(14(2)10-13)17(19)18(7-9-20-3)11-15-6-8-21-12-15/h4-6,8,10,12H,7,9,11H2,1-3H3. The molecule has 0 atom stereocenters. The molecule has 2 rings (SSSR count). The number of furan rings is 1. The summed E-state index contributed by atoms with van der Waals surface area (Å²) in [7, 11) is 1.64. The van der Waals surface area contributed by atoms with Crippen molar-refractivity contribution in [2.75, 3.05) is 20.3 Å². The van der Waals surface area contributed by atoms with Crippen molar-refractivity contribution in [2.45, 2.75) is 20.4 Å². The van der Waals surface area contributed by atoms with Crippen LogP contribution in [0, 0.1) is 13.8 Å². The molecule has 1 aromatic heterocycles. The highest BCUT2D eigenvalue weighted by molar-refractivity contribution is 5.95. The zero-order chi connectivity index (χ0) is 15.2. The van der Waals surface area contributed by atoms with E-state index >= 15 is 0 Å². The lowest BCUT2D eigenvalue weighted by atomic mass is 10.0. The fraction of sp³-hybridized carbons (Fsp3) is 0.353. The highest BCUT2D eigenvalue weighted by atomic mass is 16.5. The second-order valence-electron chi connectivity index (χ2n) is 5.17. The van der Waals surface area contributed by atoms with Gasteiger partial charge in [0.2, 0.25) is 0 Å². The van der Waals surface area contributed by atoms with Gasteiger partial charge in [0.05, 0.1) is 19.1 Å². The van der Waals surface area contributed by atoms with E-state index in [9.17, 15) is 4.79 Å². The molecule has 0 saturated heterocycles. The second kappa shape index (κ2) is 7.09. The van der Waals surface area contributed by atoms with E-state index in [2.05, 4.69) is 0 Å². The summed E-state index contributed by atoms with van der Waals surface area (Å²) in [6.07, 6.45) is 3.28. The first kappa shape index (κ1) is 15.3. The minimum absolute atomic E-state index is 0.0192. The van der Waals surface area contributed by atoms with Crippen LogP contribution in [0.15, 0.2) is 41.2 Å². The highest BCUT2D eigenvalue weighted by Crippen LogP contribution is 2.15. The van der Waals surface area contributed by atoms with Crippen LogP contribution in [0.4, 0.5) is 0 Å². The Bertz CT molecular complexity index is 590. The van der Waals surface area contributed by atoms with Gasteiger partial charge in [-0.3, -0.25) is 4.79 Å². The fourth-order valence-corrected chi connectivity index (χ4v) is 2.28. The summed E-state index contributed by atoms with van der Waals surface area (Å²) in [6.45, 7) is 5.57. The summed E-state index contributed by atoms with van der Waals surface area (Å²) < 4.78 is 10.2. The van der Waals surface area contributed by atoms with Crippen molar-refractivity contribution in [1.29, 1.82) is 0 Å². The van der Waals surface area contributed by atoms with Gasteiger partial charge < -0.3 is 14.1 Å². The molecule has 1 heterocycles. The predicted molar refractivity (Wildman–Crippen MR) is 81.2 cm³/mol. The van der Waals surface area contributed by atoms with Gasteiger partial charge in [-0.15, -0.1) is 0 Å². The Kier molecular flexibility index (Phi) is 5.17. The first-order chi connectivity index (χ1) is 10.1. The van der Waals surface area contributed by atoms with Crippen molar-refractivity contribution >= 4 is 5.91 Å². The number of benzene rings is 1. The molecule has 0 aliphatic rings. The molecular weight excluding hydrogens is 266 g/mol. The molecule has 0 N–H and O–H groups in total. The van der Waals surface area contributed by atoms with E-state index in [1.165, 1.54) is 0 Å². The number of carbonyl (C=O) groups excluding carboxylic acids is 1. The number of ether oxygens (including phenoxy) is 1. The molecule has 112 valence electrons. The number of methoxy groups -OCH3 is 1. The Labute approximate surface area is 125 Å². The van der Waals surface area contributed by atoms with Crippen molar-refractivity contribution in [3.05, 3.63) is 59.0 Å². The van der Waals surface area contributed by atoms with Crippen molar-refractivity contribution in [2.24, 2.45) is 0 Å². The third kappa shape index (κ3) is 3.95. The second-order valence-corrected chi connectivity index (χ2v) is 5.17. The largest absolute Gasteiger partial charge is 0.472 e. The predicted octanol–water partition coefficient (Wildman–Crippen LogP) is 3.19. The number of aryl methyl sites for hydroxylation is 2. The molecule has 2 aromatic rings. The molecule has 0 fully saturated rings. The molecular formula is C17H21NO3. The number of carbonyl (C=O) groups is 1. The molecule has 0 unspecified atom stereocenters. The van der Waals surface area contributed by atoms with Crippen LogP contribution < -0.4 is 0 Å². The first-order valence-corrected chi connectivity index (χ1v) is 6.98. The molecule has 0 bridgehead atoms. The van der Waals surface area contributed by atoms with Crippen LogP contribution in [0.5, 0.6) is 0 Å². The Morgan fingerprint density at radius 2 is 2.10 bits per heavy atom. The molecule has 4 nitrogen and oxygen atoms in total. The van der Waals surface area contributed by atoms with E-state index in [0.29, 0.717) is 19.7 Å². The number of rotatable bonds is 6. The van der Waals surface area contributed by atoms with Crippen LogP contribution in [-0.4, -0.2) is 31.1 Å². The molecule has 0 saturated carbocycles. The van der Waals surface area contributed by atoms with Crippen LogP contribution >= 0.6 is 0 Å². The van der Waals surface area contributed by atoms with Crippen LogP contribution in [-0.2, 0) is 11.3 Å². The number of nitrogens with zero attached hydrogens (tertiary/aromatic N) is 1. The number of amides is 1. The van der Waals surface area contributed by atoms with Crippen LogP contribution in [0.2, 0.25) is 0 Å². The monoisotopic (exact) mass is 287 g/mol. The minimum Gasteiger partial charge on any atom is -0.472 e. The molecule has 0 spiro atoms. The first-order valence-electron chi connectivity index (χ1n) is 6.98. The van der Waals surface area contributed by atoms with Gasteiger partial charge in [0.25, 0.3) is 5.91 Å². The third-order valence-corrected chi connectivity index (χ3v) is 3.42. The lowest BCUT2D eigenvalue weighted by molar-refractivity contribution is 0.0679. The Morgan fingerprint density at radius 3 is 2.71 bits per heavy atom. The van der Waals surface area contributed by atoms with E-state index < -0.39 is 0 Å². The van der Waals surface area contributed by atoms with Crippen LogP contribution in [0.1, 0.15) is 27.0 Å². The van der Waals surface area contributed by atoms with E-state index in [0.717, 1.165) is 22.3 Å². The molecule has 1 amide bonds. The summed E-state index contributed by atoms with van der Waals surface area (Å²) in [4.78, 5) is 14.5. The van der Waals surface area contributed by atoms with Gasteiger partial charge in [-0.05, 0) is 31.5 Å². The van der Waals surface area contributed by atoms with Gasteiger partial charge in [0, 0.05) is 31.3 Å². The van der Waals surface area contributed by atoms with Crippen molar-refractivity contribution in [3.63, 3.8) is 0 Å². The molecule has 1 aromatic carbocycles. The summed E-state index contributed by atoms with van der Waals surface area (Å²) in [5.41, 5.74) is 3.86. The van der Waals surface area contributed by atoms with Gasteiger partial charge in [-0.25, -0.2) is 0 Å². The molecule has 4 heteroatoms. The molecule has 0 aliphatic heterocycles. The summed E-state index contributed by atoms with van der Waals surface area (Å²) in [5.74, 6) is 0.0192. The van der Waals surface area contributed by atoms with Crippen molar-refractivity contribution in [1.82, 2.24) is 4.90 Å². The summed E-state index contributed by atoms with van der Waals surface area (Å²) in [6, 6.07) is 7.75. The highest BCUT2D eigenvalue weighted by Gasteiger charge is 2.18. The van der Waals surface area contributed by atoms with Crippen LogP contribution in [0.25, 0.3) is 0 Å². The third-order valence-electron chi connectivity index (χ3n) is 3.42. The molecule has 21 heavy (non-hydrogen) atoms. The molecule has 0 radical (unpaired) electrons. The fourth-order valence-electron chi connectivity index (χ4n) is 2.28. The SMILES string of the molecule is COCCN(Cc1ccoc1)C(=O)c1ccc(C)cc1C. The van der Waals surface area contributed by atoms with Gasteiger partial charge >= 0.3 is 0 Å². The van der Waals surface area contributed by atoms with Gasteiger partial charge in [0.15, 0.2) is 0 Å². The van der Waals surface area contributed by atoms with E-state index in [1.54, 1.807) is 24.5 Å². The van der Waals surface area contributed by atoms with Gasteiger partial charge in [-0.2, -0.15) is 0 Å². The molecule has 0 aliphatic carbocycles. The quantitative estimate of drug-likeness (QED) is 0.819. The number of hydrogen-bond acceptors (Lipinski definition) is 3. The maximum Gasteiger partial charge on any atom is 0.254 e. The minimum atomic E-state index is 0.0192. The lowest BCUT2D eigenvalue weighted by Gasteiger charge is -2.23. The lowest BCUT2D eigenvalue weighted by Crippen LogP contribution is -2.33. The summed E-state index contributed by atoms with van der Waals surface area (Å²) >= 11 is 0. The average Bonchev–Trinajstić information content (AvgIpc) is 2.95. The zero-order valence-electron chi connectivity index (χ0n) is 12.8. The van der Waals surface area contributed by atoms with E-state index in [1.807, 2.05) is 38.1 Å². The maximum absolute atomic E-state index is 12.7. The number of hydrogen-bond donors (Lipinski definition) is 0. The normalized spacial score (nSPS) is 10.6. The zero-order valence-corrected chi connectivity index (χ0v) is 12.8. The Morgan fingerprint density at radius 1 is 1.29 bits per heavy atom. The van der Waals surface area contributed by atoms with Crippen molar-refractivity contribution < 1.29 is 13.9 Å². The van der Waals surface area contributed by atoms with Gasteiger partial charge in [0.1, 0.15) is 0 Å². The van der Waals surface area contributed by atoms with Crippen LogP contribution in [0.3, 0.4) is 0 Å². The smallest absolute Gasteiger partial charge is 0.254 e. The Balaban J connectivity index is 2.20. The average molecular weight is 287 g/mol. The topological polar surface area (TPSA) is 42.7 Å². The van der Waals surface area contributed by atoms with E-state index in [-0.39, 0.29) is 5.91 Å². The van der Waals surface area contributed by atoms with Crippen molar-refractivity contribution in [3.8, 4) is 0 Å². The summed E-state index contributed by atoms with van der Waals surface area (Å²) in [5, 5.41) is 0.